The molecule has 150 valence electrons. The molecule has 1 fully saturated rings. The number of benzene rings is 1. The molecule has 0 bridgehead atoms. The number of rotatable bonds is 7. The molecule has 8 heteroatoms. The standard InChI is InChI=1S/C20H27N5O3/c1-14-19(23-24-22-14)20(27)25-10-4-6-16(13-25)12-21-18(26)9-8-15-5-3-7-17(11-15)28-2/h3,5,7,11,16H,4,6,8-10,12-13H2,1-2H3,(H,21,26)(H,22,23,24). The number of ether oxygens (including phenoxy) is 1. The van der Waals surface area contributed by atoms with Gasteiger partial charge in [-0.3, -0.25) is 9.59 Å². The largest absolute Gasteiger partial charge is 0.497 e. The van der Waals surface area contributed by atoms with Crippen molar-refractivity contribution in [1.29, 1.82) is 0 Å². The fraction of sp³-hybridized carbons (Fsp3) is 0.500. The number of aryl methyl sites for hydroxylation is 2. The summed E-state index contributed by atoms with van der Waals surface area (Å²) in [5.41, 5.74) is 2.06. The van der Waals surface area contributed by atoms with E-state index in [0.29, 0.717) is 43.9 Å². The third-order valence-corrected chi connectivity index (χ3v) is 5.09. The quantitative estimate of drug-likeness (QED) is 0.756. The predicted molar refractivity (Wildman–Crippen MR) is 104 cm³/mol. The number of aromatic amines is 1. The lowest BCUT2D eigenvalue weighted by Gasteiger charge is -2.32. The highest BCUT2D eigenvalue weighted by molar-refractivity contribution is 5.93. The van der Waals surface area contributed by atoms with E-state index in [2.05, 4.69) is 20.7 Å². The van der Waals surface area contributed by atoms with E-state index in [1.165, 1.54) is 0 Å². The predicted octanol–water partition coefficient (Wildman–Crippen LogP) is 1.72. The van der Waals surface area contributed by atoms with Crippen molar-refractivity contribution in [3.8, 4) is 5.75 Å². The van der Waals surface area contributed by atoms with Crippen molar-refractivity contribution in [2.75, 3.05) is 26.7 Å². The van der Waals surface area contributed by atoms with Crippen molar-refractivity contribution >= 4 is 11.8 Å². The number of carbonyl (C=O) groups excluding carboxylic acids is 2. The maximum atomic E-state index is 12.6. The van der Waals surface area contributed by atoms with E-state index in [0.717, 1.165) is 24.2 Å². The van der Waals surface area contributed by atoms with E-state index in [4.69, 9.17) is 4.74 Å². The van der Waals surface area contributed by atoms with Crippen LogP contribution in [0, 0.1) is 12.8 Å². The average Bonchev–Trinajstić information content (AvgIpc) is 3.16. The number of hydrogen-bond acceptors (Lipinski definition) is 5. The molecule has 0 saturated carbocycles. The normalized spacial score (nSPS) is 16.6. The summed E-state index contributed by atoms with van der Waals surface area (Å²) < 4.78 is 5.21. The van der Waals surface area contributed by atoms with Crippen LogP contribution in [0.15, 0.2) is 24.3 Å². The van der Waals surface area contributed by atoms with Crippen molar-refractivity contribution in [3.05, 3.63) is 41.2 Å². The summed E-state index contributed by atoms with van der Waals surface area (Å²) in [5.74, 6) is 0.983. The van der Waals surface area contributed by atoms with E-state index in [1.54, 1.807) is 18.9 Å². The molecule has 3 rings (SSSR count). The zero-order valence-electron chi connectivity index (χ0n) is 16.4. The van der Waals surface area contributed by atoms with Crippen molar-refractivity contribution in [2.24, 2.45) is 5.92 Å². The van der Waals surface area contributed by atoms with Crippen LogP contribution in [0.1, 0.15) is 41.0 Å². The van der Waals surface area contributed by atoms with Gasteiger partial charge < -0.3 is 15.0 Å². The molecule has 2 amide bonds. The summed E-state index contributed by atoms with van der Waals surface area (Å²) in [6.45, 7) is 3.69. The Bertz CT molecular complexity index is 820. The lowest BCUT2D eigenvalue weighted by Crippen LogP contribution is -2.44. The molecule has 0 radical (unpaired) electrons. The minimum absolute atomic E-state index is 0.0265. The zero-order valence-corrected chi connectivity index (χ0v) is 16.4. The Morgan fingerprint density at radius 2 is 2.21 bits per heavy atom. The van der Waals surface area contributed by atoms with E-state index in [1.807, 2.05) is 24.3 Å². The van der Waals surface area contributed by atoms with Gasteiger partial charge in [-0.2, -0.15) is 15.4 Å². The van der Waals surface area contributed by atoms with Crippen LogP contribution in [0.4, 0.5) is 0 Å². The van der Waals surface area contributed by atoms with E-state index < -0.39 is 0 Å². The lowest BCUT2D eigenvalue weighted by atomic mass is 9.97. The molecule has 2 N–H and O–H groups in total. The monoisotopic (exact) mass is 385 g/mol. The summed E-state index contributed by atoms with van der Waals surface area (Å²) in [7, 11) is 1.63. The molecule has 28 heavy (non-hydrogen) atoms. The first-order chi connectivity index (χ1) is 13.6. The number of nitrogens with one attached hydrogen (secondary N) is 2. The second-order valence-corrected chi connectivity index (χ2v) is 7.17. The Labute approximate surface area is 164 Å². The molecule has 1 unspecified atom stereocenters. The smallest absolute Gasteiger partial charge is 0.276 e. The molecule has 1 aromatic heterocycles. The molecule has 1 aromatic carbocycles. The Balaban J connectivity index is 1.44. The topological polar surface area (TPSA) is 100 Å². The van der Waals surface area contributed by atoms with Crippen molar-refractivity contribution in [1.82, 2.24) is 25.6 Å². The zero-order chi connectivity index (χ0) is 19.9. The minimum Gasteiger partial charge on any atom is -0.497 e. The molecule has 1 aliphatic heterocycles. The van der Waals surface area contributed by atoms with Gasteiger partial charge in [-0.25, -0.2) is 0 Å². The SMILES string of the molecule is COc1cccc(CCC(=O)NCC2CCCN(C(=O)c3n[nH]nc3C)C2)c1. The molecule has 2 aromatic rings. The Morgan fingerprint density at radius 1 is 1.36 bits per heavy atom. The first-order valence-electron chi connectivity index (χ1n) is 9.63. The highest BCUT2D eigenvalue weighted by Crippen LogP contribution is 2.18. The lowest BCUT2D eigenvalue weighted by molar-refractivity contribution is -0.121. The van der Waals surface area contributed by atoms with E-state index in [9.17, 15) is 9.59 Å². The molecular formula is C20H27N5O3. The van der Waals surface area contributed by atoms with Crippen LogP contribution >= 0.6 is 0 Å². The average molecular weight is 385 g/mol. The van der Waals surface area contributed by atoms with Gasteiger partial charge in [0.05, 0.1) is 12.8 Å². The number of aromatic nitrogens is 3. The number of nitrogens with zero attached hydrogens (tertiary/aromatic N) is 3. The second-order valence-electron chi connectivity index (χ2n) is 7.17. The Kier molecular flexibility index (Phi) is 6.62. The summed E-state index contributed by atoms with van der Waals surface area (Å²) >= 11 is 0. The summed E-state index contributed by atoms with van der Waals surface area (Å²) in [5, 5.41) is 13.4. The third-order valence-electron chi connectivity index (χ3n) is 5.09. The number of amides is 2. The molecule has 8 nitrogen and oxygen atoms in total. The molecule has 1 aliphatic rings. The minimum atomic E-state index is -0.0969. The number of likely N-dealkylation sites (tertiary alicyclic amines) is 1. The van der Waals surface area contributed by atoms with Gasteiger partial charge in [0.15, 0.2) is 5.69 Å². The first kappa shape index (κ1) is 19.9. The molecular weight excluding hydrogens is 358 g/mol. The van der Waals surface area contributed by atoms with Crippen LogP contribution in [0.3, 0.4) is 0 Å². The van der Waals surface area contributed by atoms with Gasteiger partial charge in [0.2, 0.25) is 5.91 Å². The number of carbonyl (C=O) groups is 2. The van der Waals surface area contributed by atoms with Crippen LogP contribution in [0.25, 0.3) is 0 Å². The number of methoxy groups -OCH3 is 1. The fourth-order valence-corrected chi connectivity index (χ4v) is 3.48. The van der Waals surface area contributed by atoms with Crippen LogP contribution in [-0.4, -0.2) is 58.9 Å². The third kappa shape index (κ3) is 5.09. The van der Waals surface area contributed by atoms with Crippen molar-refractivity contribution in [3.63, 3.8) is 0 Å². The summed E-state index contributed by atoms with van der Waals surface area (Å²) in [4.78, 5) is 26.6. The van der Waals surface area contributed by atoms with E-state index >= 15 is 0 Å². The molecule has 1 atom stereocenters. The number of H-pyrrole nitrogens is 1. The highest BCUT2D eigenvalue weighted by atomic mass is 16.5. The van der Waals surface area contributed by atoms with Crippen LogP contribution in [0.2, 0.25) is 0 Å². The van der Waals surface area contributed by atoms with Gasteiger partial charge in [-0.15, -0.1) is 0 Å². The maximum Gasteiger partial charge on any atom is 0.276 e. The van der Waals surface area contributed by atoms with Gasteiger partial charge in [0.25, 0.3) is 5.91 Å². The molecule has 2 heterocycles. The Morgan fingerprint density at radius 3 is 2.96 bits per heavy atom. The van der Waals surface area contributed by atoms with Crippen LogP contribution < -0.4 is 10.1 Å². The fourth-order valence-electron chi connectivity index (χ4n) is 3.48. The van der Waals surface area contributed by atoms with Gasteiger partial charge in [0, 0.05) is 26.1 Å². The first-order valence-corrected chi connectivity index (χ1v) is 9.63. The van der Waals surface area contributed by atoms with Crippen LogP contribution in [0.5, 0.6) is 5.75 Å². The van der Waals surface area contributed by atoms with E-state index in [-0.39, 0.29) is 17.7 Å². The van der Waals surface area contributed by atoms with Gasteiger partial charge >= 0.3 is 0 Å². The highest BCUT2D eigenvalue weighted by Gasteiger charge is 2.27. The Hall–Kier alpha value is -2.90. The number of piperidine rings is 1. The van der Waals surface area contributed by atoms with Crippen LogP contribution in [-0.2, 0) is 11.2 Å². The molecule has 0 aliphatic carbocycles. The summed E-state index contributed by atoms with van der Waals surface area (Å²) in [6.07, 6.45) is 3.02. The maximum absolute atomic E-state index is 12.6. The van der Waals surface area contributed by atoms with Crippen molar-refractivity contribution < 1.29 is 14.3 Å². The molecule has 0 spiro atoms. The second kappa shape index (κ2) is 9.34. The van der Waals surface area contributed by atoms with Gasteiger partial charge in [-0.1, -0.05) is 12.1 Å². The van der Waals surface area contributed by atoms with Crippen molar-refractivity contribution in [2.45, 2.75) is 32.6 Å². The molecule has 1 saturated heterocycles. The number of hydrogen-bond donors (Lipinski definition) is 2. The van der Waals surface area contributed by atoms with Gasteiger partial charge in [0.1, 0.15) is 5.75 Å². The summed E-state index contributed by atoms with van der Waals surface area (Å²) in [6, 6.07) is 7.76. The van der Waals surface area contributed by atoms with Gasteiger partial charge in [-0.05, 0) is 49.8 Å².